The summed E-state index contributed by atoms with van der Waals surface area (Å²) in [6.07, 6.45) is 2.28. The lowest BCUT2D eigenvalue weighted by Crippen LogP contribution is -2.18. The fourth-order valence-corrected chi connectivity index (χ4v) is 1.18. The minimum absolute atomic E-state index is 0.0809. The van der Waals surface area contributed by atoms with Crippen LogP contribution in [0.25, 0.3) is 0 Å². The van der Waals surface area contributed by atoms with E-state index in [-0.39, 0.29) is 11.1 Å². The van der Waals surface area contributed by atoms with Gasteiger partial charge in [-0.25, -0.2) is 4.98 Å². The largest absolute Gasteiger partial charge is 0.322 e. The summed E-state index contributed by atoms with van der Waals surface area (Å²) in [4.78, 5) is 17.6. The maximum absolute atomic E-state index is 11.2. The lowest BCUT2D eigenvalue weighted by molar-refractivity contribution is 0.405. The fourth-order valence-electron chi connectivity index (χ4n) is 1.18. The van der Waals surface area contributed by atoms with Gasteiger partial charge in [0.1, 0.15) is 6.07 Å². The molecule has 0 saturated heterocycles. The standard InChI is InChI=1S/C10H13N3O/c1-10(2,3)4-7-6-12-8(5-11)9(14)13-7/h6H,4H2,1-3H3,(H,13,14). The van der Waals surface area contributed by atoms with Crippen molar-refractivity contribution in [2.75, 3.05) is 0 Å². The molecule has 4 heteroatoms. The number of aromatic amines is 1. The van der Waals surface area contributed by atoms with E-state index in [4.69, 9.17) is 5.26 Å². The van der Waals surface area contributed by atoms with Crippen LogP contribution in [0.2, 0.25) is 0 Å². The van der Waals surface area contributed by atoms with Crippen molar-refractivity contribution in [2.45, 2.75) is 27.2 Å². The Balaban J connectivity index is 3.00. The zero-order valence-electron chi connectivity index (χ0n) is 8.59. The SMILES string of the molecule is CC(C)(C)Cc1cnc(C#N)c(=O)[nH]1. The van der Waals surface area contributed by atoms with Crippen LogP contribution in [-0.2, 0) is 6.42 Å². The number of hydrogen-bond acceptors (Lipinski definition) is 3. The molecule has 1 rings (SSSR count). The molecule has 0 unspecified atom stereocenters. The van der Waals surface area contributed by atoms with E-state index in [1.54, 1.807) is 12.3 Å². The van der Waals surface area contributed by atoms with Crippen LogP contribution in [0.5, 0.6) is 0 Å². The summed E-state index contributed by atoms with van der Waals surface area (Å²) in [5.41, 5.74) is 0.372. The number of aromatic nitrogens is 2. The van der Waals surface area contributed by atoms with Gasteiger partial charge in [-0.15, -0.1) is 0 Å². The van der Waals surface area contributed by atoms with Gasteiger partial charge in [-0.3, -0.25) is 4.79 Å². The summed E-state index contributed by atoms with van der Waals surface area (Å²) in [6, 6.07) is 1.73. The Kier molecular flexibility index (Phi) is 2.70. The fraction of sp³-hybridized carbons (Fsp3) is 0.500. The molecular weight excluding hydrogens is 178 g/mol. The van der Waals surface area contributed by atoms with Crippen LogP contribution in [0.15, 0.2) is 11.0 Å². The topological polar surface area (TPSA) is 69.5 Å². The van der Waals surface area contributed by atoms with Crippen LogP contribution in [0.3, 0.4) is 0 Å². The molecule has 0 amide bonds. The Labute approximate surface area is 82.6 Å². The molecule has 0 aromatic carbocycles. The number of hydrogen-bond donors (Lipinski definition) is 1. The van der Waals surface area contributed by atoms with Gasteiger partial charge < -0.3 is 4.98 Å². The first kappa shape index (κ1) is 10.5. The van der Waals surface area contributed by atoms with Crippen LogP contribution in [0.1, 0.15) is 32.2 Å². The van der Waals surface area contributed by atoms with Gasteiger partial charge in [0.25, 0.3) is 5.56 Å². The summed E-state index contributed by atoms with van der Waals surface area (Å²) in [6.45, 7) is 6.22. The average molecular weight is 191 g/mol. The van der Waals surface area contributed by atoms with Crippen LogP contribution in [0.4, 0.5) is 0 Å². The molecule has 0 aliphatic heterocycles. The van der Waals surface area contributed by atoms with Crippen molar-refractivity contribution in [2.24, 2.45) is 5.41 Å². The molecule has 0 spiro atoms. The third kappa shape index (κ3) is 2.70. The van der Waals surface area contributed by atoms with Gasteiger partial charge in [0.15, 0.2) is 0 Å². The first-order valence-corrected chi connectivity index (χ1v) is 4.41. The second-order valence-corrected chi connectivity index (χ2v) is 4.44. The smallest absolute Gasteiger partial charge is 0.284 e. The second kappa shape index (κ2) is 3.62. The predicted octanol–water partition coefficient (Wildman–Crippen LogP) is 1.23. The van der Waals surface area contributed by atoms with Gasteiger partial charge in [0.05, 0.1) is 0 Å². The monoisotopic (exact) mass is 191 g/mol. The van der Waals surface area contributed by atoms with Crippen LogP contribution < -0.4 is 5.56 Å². The molecule has 1 heterocycles. The zero-order chi connectivity index (χ0) is 10.8. The quantitative estimate of drug-likeness (QED) is 0.725. The average Bonchev–Trinajstić information content (AvgIpc) is 2.01. The Hall–Kier alpha value is -1.63. The maximum Gasteiger partial charge on any atom is 0.284 e. The molecule has 1 N–H and O–H groups in total. The van der Waals surface area contributed by atoms with E-state index in [1.807, 2.05) is 0 Å². The van der Waals surface area contributed by atoms with Crippen molar-refractivity contribution in [1.29, 1.82) is 5.26 Å². The molecule has 0 aliphatic rings. The predicted molar refractivity (Wildman–Crippen MR) is 52.7 cm³/mol. The van der Waals surface area contributed by atoms with E-state index < -0.39 is 5.56 Å². The highest BCUT2D eigenvalue weighted by molar-refractivity contribution is 5.17. The minimum Gasteiger partial charge on any atom is -0.322 e. The summed E-state index contributed by atoms with van der Waals surface area (Å²) >= 11 is 0. The lowest BCUT2D eigenvalue weighted by atomic mass is 9.91. The molecule has 0 aliphatic carbocycles. The molecule has 0 atom stereocenters. The molecule has 1 aromatic heterocycles. The first-order chi connectivity index (χ1) is 6.42. The Morgan fingerprint density at radius 2 is 2.21 bits per heavy atom. The van der Waals surface area contributed by atoms with Crippen molar-refractivity contribution in [3.63, 3.8) is 0 Å². The molecule has 1 aromatic rings. The second-order valence-electron chi connectivity index (χ2n) is 4.44. The molecule has 4 nitrogen and oxygen atoms in total. The Bertz CT molecular complexity index is 420. The normalized spacial score (nSPS) is 11.0. The van der Waals surface area contributed by atoms with Crippen LogP contribution in [-0.4, -0.2) is 9.97 Å². The van der Waals surface area contributed by atoms with E-state index >= 15 is 0 Å². The highest BCUT2D eigenvalue weighted by Crippen LogP contribution is 2.17. The van der Waals surface area contributed by atoms with E-state index in [0.717, 1.165) is 12.1 Å². The van der Waals surface area contributed by atoms with Gasteiger partial charge in [-0.2, -0.15) is 5.26 Å². The van der Waals surface area contributed by atoms with Gasteiger partial charge >= 0.3 is 0 Å². The highest BCUT2D eigenvalue weighted by atomic mass is 16.1. The number of nitriles is 1. The van der Waals surface area contributed by atoms with E-state index in [1.165, 1.54) is 0 Å². The summed E-state index contributed by atoms with van der Waals surface area (Å²) in [5, 5.41) is 8.51. The summed E-state index contributed by atoms with van der Waals surface area (Å²) < 4.78 is 0. The van der Waals surface area contributed by atoms with Crippen molar-refractivity contribution < 1.29 is 0 Å². The van der Waals surface area contributed by atoms with Crippen molar-refractivity contribution in [1.82, 2.24) is 9.97 Å². The van der Waals surface area contributed by atoms with Crippen LogP contribution in [0, 0.1) is 16.7 Å². The lowest BCUT2D eigenvalue weighted by Gasteiger charge is -2.17. The third-order valence-corrected chi connectivity index (χ3v) is 1.67. The Morgan fingerprint density at radius 3 is 2.64 bits per heavy atom. The van der Waals surface area contributed by atoms with Gasteiger partial charge in [-0.1, -0.05) is 20.8 Å². The number of nitrogens with zero attached hydrogens (tertiary/aromatic N) is 2. The molecule has 14 heavy (non-hydrogen) atoms. The number of nitrogens with one attached hydrogen (secondary N) is 1. The molecule has 74 valence electrons. The molecule has 0 fully saturated rings. The molecule has 0 saturated carbocycles. The van der Waals surface area contributed by atoms with E-state index in [2.05, 4.69) is 30.7 Å². The van der Waals surface area contributed by atoms with Crippen molar-refractivity contribution in [3.05, 3.63) is 27.9 Å². The third-order valence-electron chi connectivity index (χ3n) is 1.67. The first-order valence-electron chi connectivity index (χ1n) is 4.41. The summed E-state index contributed by atoms with van der Waals surface area (Å²) in [7, 11) is 0. The van der Waals surface area contributed by atoms with Gasteiger partial charge in [0.2, 0.25) is 5.69 Å². The van der Waals surface area contributed by atoms with Crippen LogP contribution >= 0.6 is 0 Å². The summed E-state index contributed by atoms with van der Waals surface area (Å²) in [5.74, 6) is 0. The van der Waals surface area contributed by atoms with Gasteiger partial charge in [-0.05, 0) is 11.8 Å². The zero-order valence-corrected chi connectivity index (χ0v) is 8.59. The van der Waals surface area contributed by atoms with E-state index in [9.17, 15) is 4.79 Å². The maximum atomic E-state index is 11.2. The minimum atomic E-state index is -0.408. The molecular formula is C10H13N3O. The number of rotatable bonds is 1. The van der Waals surface area contributed by atoms with Crippen molar-refractivity contribution in [3.8, 4) is 6.07 Å². The molecule has 0 bridgehead atoms. The van der Waals surface area contributed by atoms with E-state index in [0.29, 0.717) is 0 Å². The number of H-pyrrole nitrogens is 1. The molecule has 0 radical (unpaired) electrons. The highest BCUT2D eigenvalue weighted by Gasteiger charge is 2.12. The van der Waals surface area contributed by atoms with Gasteiger partial charge in [0, 0.05) is 11.9 Å². The Morgan fingerprint density at radius 1 is 1.57 bits per heavy atom. The van der Waals surface area contributed by atoms with Crippen molar-refractivity contribution >= 4 is 0 Å².